The third kappa shape index (κ3) is 3.34. The van der Waals surface area contributed by atoms with E-state index in [1.807, 2.05) is 60.7 Å². The Balaban J connectivity index is 1.54. The number of amides is 2. The number of carbonyl (C=O) groups is 2. The van der Waals surface area contributed by atoms with Crippen molar-refractivity contribution < 1.29 is 19.5 Å². The summed E-state index contributed by atoms with van der Waals surface area (Å²) in [7, 11) is 0. The van der Waals surface area contributed by atoms with Gasteiger partial charge in [-0.25, -0.2) is 0 Å². The fourth-order valence-corrected chi connectivity index (χ4v) is 6.21. The first kappa shape index (κ1) is 18.0. The normalized spacial score (nSPS) is 24.3. The number of carbonyl (C=O) groups excluding carboxylic acids is 1. The van der Waals surface area contributed by atoms with Crippen LogP contribution in [0.1, 0.15) is 18.4 Å². The Bertz CT molecular complexity index is 832. The molecule has 0 spiro atoms. The van der Waals surface area contributed by atoms with E-state index < -0.39 is 25.4 Å². The van der Waals surface area contributed by atoms with Crippen LogP contribution < -0.4 is 4.46 Å². The van der Waals surface area contributed by atoms with E-state index in [9.17, 15) is 14.7 Å². The summed E-state index contributed by atoms with van der Waals surface area (Å²) in [6, 6.07) is 18.8. The van der Waals surface area contributed by atoms with E-state index in [4.69, 9.17) is 4.84 Å². The molecule has 2 saturated heterocycles. The summed E-state index contributed by atoms with van der Waals surface area (Å²) in [4.78, 5) is 32.6. The molecule has 6 nitrogen and oxygen atoms in total. The van der Waals surface area contributed by atoms with Crippen molar-refractivity contribution >= 4 is 31.4 Å². The average Bonchev–Trinajstić information content (AvgIpc) is 2.96. The minimum atomic E-state index is -1.16. The predicted octanol–water partition coefficient (Wildman–Crippen LogP) is 1.83. The van der Waals surface area contributed by atoms with Crippen LogP contribution in [0.5, 0.6) is 0 Å². The standard InChI is InChI=1S/C20H20N2O4Se/c23-18(24)20(27-17-9-5-2-6-10-17)12-11-16-13-21(20)19(25)22(16)26-14-15-7-3-1-4-8-15/h1-10,16H,11-14H2,(H,23,24)/t16-,20?/m1/s1. The number of carboxylic acid groups (broad SMARTS) is 1. The number of benzene rings is 2. The molecule has 2 aromatic rings. The molecular formula is C20H20N2O4Se. The number of hydrogen-bond donors (Lipinski definition) is 1. The summed E-state index contributed by atoms with van der Waals surface area (Å²) < 4.78 is -0.186. The Morgan fingerprint density at radius 3 is 2.48 bits per heavy atom. The second-order valence-electron chi connectivity index (χ2n) is 6.68. The number of nitrogens with zero attached hydrogens (tertiary/aromatic N) is 2. The van der Waals surface area contributed by atoms with Crippen molar-refractivity contribution in [3.05, 3.63) is 66.2 Å². The predicted molar refractivity (Wildman–Crippen MR) is 100 cm³/mol. The number of carboxylic acids is 1. The summed E-state index contributed by atoms with van der Waals surface area (Å²) in [5, 5.41) is 11.4. The second kappa shape index (κ2) is 7.35. The molecule has 0 radical (unpaired) electrons. The second-order valence-corrected chi connectivity index (χ2v) is 9.51. The van der Waals surface area contributed by atoms with E-state index in [1.165, 1.54) is 9.96 Å². The van der Waals surface area contributed by atoms with Gasteiger partial charge in [-0.3, -0.25) is 0 Å². The van der Waals surface area contributed by atoms with Crippen molar-refractivity contribution in [3.8, 4) is 0 Å². The molecule has 7 heteroatoms. The van der Waals surface area contributed by atoms with Gasteiger partial charge in [0.25, 0.3) is 0 Å². The third-order valence-corrected chi connectivity index (χ3v) is 8.01. The first-order chi connectivity index (χ1) is 13.1. The van der Waals surface area contributed by atoms with Gasteiger partial charge in [0.1, 0.15) is 0 Å². The average molecular weight is 431 g/mol. The topological polar surface area (TPSA) is 70.1 Å². The SMILES string of the molecule is O=C1N(OCc2ccccc2)[C@@H]2CCC([Se]c3ccccc3)(C(=O)O)N1C2. The fraction of sp³-hybridized carbons (Fsp3) is 0.300. The van der Waals surface area contributed by atoms with Gasteiger partial charge in [-0.1, -0.05) is 0 Å². The zero-order valence-electron chi connectivity index (χ0n) is 14.7. The van der Waals surface area contributed by atoms with E-state index in [0.717, 1.165) is 10.0 Å². The van der Waals surface area contributed by atoms with Gasteiger partial charge in [-0.05, 0) is 0 Å². The molecule has 0 aromatic heterocycles. The molecule has 4 rings (SSSR count). The van der Waals surface area contributed by atoms with Crippen LogP contribution in [0, 0.1) is 0 Å². The summed E-state index contributed by atoms with van der Waals surface area (Å²) in [5.74, 6) is -0.928. The van der Waals surface area contributed by atoms with Gasteiger partial charge in [-0.15, -0.1) is 0 Å². The van der Waals surface area contributed by atoms with Crippen molar-refractivity contribution in [1.82, 2.24) is 9.96 Å². The summed E-state index contributed by atoms with van der Waals surface area (Å²) in [5.41, 5.74) is 0.972. The molecule has 1 unspecified atom stereocenters. The maximum absolute atomic E-state index is 13.0. The molecule has 2 heterocycles. The van der Waals surface area contributed by atoms with Crippen LogP contribution in [0.25, 0.3) is 0 Å². The molecule has 27 heavy (non-hydrogen) atoms. The molecule has 0 saturated carbocycles. The molecule has 2 fully saturated rings. The number of piperidine rings is 1. The zero-order valence-corrected chi connectivity index (χ0v) is 16.4. The summed E-state index contributed by atoms with van der Waals surface area (Å²) >= 11 is -0.393. The van der Waals surface area contributed by atoms with Crippen molar-refractivity contribution in [1.29, 1.82) is 0 Å². The number of aliphatic carboxylic acids is 1. The maximum atomic E-state index is 13.0. The van der Waals surface area contributed by atoms with Gasteiger partial charge in [0.2, 0.25) is 0 Å². The molecule has 140 valence electrons. The molecule has 2 amide bonds. The van der Waals surface area contributed by atoms with E-state index in [2.05, 4.69) is 0 Å². The quantitative estimate of drug-likeness (QED) is 0.709. The van der Waals surface area contributed by atoms with Crippen LogP contribution >= 0.6 is 0 Å². The van der Waals surface area contributed by atoms with Gasteiger partial charge in [0.15, 0.2) is 0 Å². The van der Waals surface area contributed by atoms with E-state index in [1.54, 1.807) is 0 Å². The molecule has 2 aliphatic heterocycles. The number of urea groups is 1. The van der Waals surface area contributed by atoms with Gasteiger partial charge in [0, 0.05) is 0 Å². The van der Waals surface area contributed by atoms with Crippen molar-refractivity contribution in [2.45, 2.75) is 29.9 Å². The number of hydroxylamine groups is 2. The number of rotatable bonds is 6. The van der Waals surface area contributed by atoms with Crippen LogP contribution in [0.2, 0.25) is 0 Å². The number of hydrogen-bond acceptors (Lipinski definition) is 3. The molecule has 2 atom stereocenters. The Labute approximate surface area is 163 Å². The Kier molecular flexibility index (Phi) is 4.91. The van der Waals surface area contributed by atoms with Gasteiger partial charge in [0.05, 0.1) is 0 Å². The Morgan fingerprint density at radius 1 is 1.15 bits per heavy atom. The molecule has 2 bridgehead atoms. The van der Waals surface area contributed by atoms with Crippen LogP contribution in [0.3, 0.4) is 0 Å². The minimum absolute atomic E-state index is 0.0970. The first-order valence-electron chi connectivity index (χ1n) is 8.85. The first-order valence-corrected chi connectivity index (χ1v) is 10.6. The van der Waals surface area contributed by atoms with Crippen molar-refractivity contribution in [3.63, 3.8) is 0 Å². The summed E-state index contributed by atoms with van der Waals surface area (Å²) in [6.45, 7) is 0.690. The monoisotopic (exact) mass is 432 g/mol. The summed E-state index contributed by atoms with van der Waals surface area (Å²) in [6.07, 6.45) is 1.07. The van der Waals surface area contributed by atoms with Gasteiger partial charge < -0.3 is 0 Å². The zero-order chi connectivity index (χ0) is 18.9. The van der Waals surface area contributed by atoms with Crippen molar-refractivity contribution in [2.75, 3.05) is 6.54 Å². The fourth-order valence-electron chi connectivity index (χ4n) is 3.58. The van der Waals surface area contributed by atoms with Crippen LogP contribution in [0.4, 0.5) is 4.79 Å². The van der Waals surface area contributed by atoms with Crippen LogP contribution in [-0.2, 0) is 16.2 Å². The Morgan fingerprint density at radius 2 is 1.81 bits per heavy atom. The van der Waals surface area contributed by atoms with E-state index >= 15 is 0 Å². The molecule has 2 aromatic carbocycles. The van der Waals surface area contributed by atoms with E-state index in [-0.39, 0.29) is 12.1 Å². The third-order valence-electron chi connectivity index (χ3n) is 4.97. The molecule has 2 aliphatic rings. The van der Waals surface area contributed by atoms with Crippen LogP contribution in [-0.4, -0.2) is 59.1 Å². The van der Waals surface area contributed by atoms with Crippen molar-refractivity contribution in [2.24, 2.45) is 0 Å². The van der Waals surface area contributed by atoms with Gasteiger partial charge >= 0.3 is 164 Å². The number of fused-ring (bicyclic) bond motifs is 2. The Hall–Kier alpha value is -2.34. The van der Waals surface area contributed by atoms with Crippen LogP contribution in [0.15, 0.2) is 60.7 Å². The van der Waals surface area contributed by atoms with Gasteiger partial charge in [-0.2, -0.15) is 0 Å². The molecular weight excluding hydrogens is 411 g/mol. The molecule has 1 N–H and O–H groups in total. The van der Waals surface area contributed by atoms with E-state index in [0.29, 0.717) is 26.0 Å². The molecule has 0 aliphatic carbocycles.